The number of imidazole rings is 1. The lowest BCUT2D eigenvalue weighted by Crippen LogP contribution is -2.22. The van der Waals surface area contributed by atoms with Crippen molar-refractivity contribution in [3.8, 4) is 0 Å². The maximum absolute atomic E-state index is 12.9. The molecular weight excluding hydrogens is 342 g/mol. The molecular formula is C20H23N5O2. The molecule has 7 nitrogen and oxygen atoms in total. The number of rotatable bonds is 4. The van der Waals surface area contributed by atoms with E-state index >= 15 is 0 Å². The molecule has 4 heterocycles. The van der Waals surface area contributed by atoms with Gasteiger partial charge < -0.3 is 10.4 Å². The second-order valence-corrected chi connectivity index (χ2v) is 7.14. The highest BCUT2D eigenvalue weighted by molar-refractivity contribution is 6.02. The van der Waals surface area contributed by atoms with Gasteiger partial charge in [-0.05, 0) is 50.1 Å². The number of carbonyl (C=O) groups excluding carboxylic acids is 1. The molecule has 1 amide bonds. The van der Waals surface area contributed by atoms with Crippen LogP contribution in [-0.4, -0.2) is 49.5 Å². The smallest absolute Gasteiger partial charge is 0.293 e. The Kier molecular flexibility index (Phi) is 4.63. The number of aromatic nitrogens is 3. The summed E-state index contributed by atoms with van der Waals surface area (Å²) < 4.78 is 1.81. The van der Waals surface area contributed by atoms with Crippen LogP contribution >= 0.6 is 0 Å². The van der Waals surface area contributed by atoms with Gasteiger partial charge >= 0.3 is 0 Å². The van der Waals surface area contributed by atoms with Crippen LogP contribution in [0.4, 0.5) is 5.82 Å². The summed E-state index contributed by atoms with van der Waals surface area (Å²) >= 11 is 0. The van der Waals surface area contributed by atoms with Crippen LogP contribution in [0.5, 0.6) is 0 Å². The summed E-state index contributed by atoms with van der Waals surface area (Å²) in [4.78, 5) is 24.0. The highest BCUT2D eigenvalue weighted by atomic mass is 16.3. The molecule has 0 saturated carbocycles. The lowest BCUT2D eigenvalue weighted by molar-refractivity contribution is 0.101. The van der Waals surface area contributed by atoms with Crippen LogP contribution in [0.25, 0.3) is 5.52 Å². The topological polar surface area (TPSA) is 82.8 Å². The number of hydrogen-bond acceptors (Lipinski definition) is 5. The number of hydrogen-bond donors (Lipinski definition) is 2. The number of fused-ring (bicyclic) bond motifs is 1. The first kappa shape index (κ1) is 17.6. The molecule has 0 aliphatic carbocycles. The molecule has 27 heavy (non-hydrogen) atoms. The van der Waals surface area contributed by atoms with Crippen LogP contribution in [0.15, 0.2) is 36.5 Å². The van der Waals surface area contributed by atoms with Crippen LogP contribution in [0.2, 0.25) is 0 Å². The summed E-state index contributed by atoms with van der Waals surface area (Å²) in [5, 5.41) is 12.6. The molecule has 1 saturated heterocycles. The van der Waals surface area contributed by atoms with E-state index in [4.69, 9.17) is 0 Å². The van der Waals surface area contributed by atoms with Crippen LogP contribution in [0, 0.1) is 13.8 Å². The van der Waals surface area contributed by atoms with Crippen LogP contribution < -0.4 is 5.32 Å². The summed E-state index contributed by atoms with van der Waals surface area (Å²) in [5.41, 5.74) is 3.63. The fourth-order valence-electron chi connectivity index (χ4n) is 3.62. The van der Waals surface area contributed by atoms with E-state index in [9.17, 15) is 9.90 Å². The number of aryl methyl sites for hydroxylation is 2. The van der Waals surface area contributed by atoms with E-state index in [1.165, 1.54) is 0 Å². The zero-order chi connectivity index (χ0) is 19.0. The average molecular weight is 365 g/mol. The van der Waals surface area contributed by atoms with Gasteiger partial charge in [0.25, 0.3) is 5.91 Å². The van der Waals surface area contributed by atoms with Crippen molar-refractivity contribution < 1.29 is 9.90 Å². The minimum Gasteiger partial charge on any atom is -0.392 e. The third-order valence-electron chi connectivity index (χ3n) is 4.79. The van der Waals surface area contributed by atoms with Gasteiger partial charge in [-0.3, -0.25) is 14.1 Å². The summed E-state index contributed by atoms with van der Waals surface area (Å²) in [7, 11) is 0. The minimum atomic E-state index is -0.290. The number of nitrogens with zero attached hydrogens (tertiary/aromatic N) is 4. The van der Waals surface area contributed by atoms with E-state index < -0.39 is 0 Å². The molecule has 0 radical (unpaired) electrons. The number of β-amino-alcohol motifs (C(OH)–C–C–N with tert-alkyl or cyclic N) is 1. The maximum Gasteiger partial charge on any atom is 0.293 e. The second kappa shape index (κ2) is 7.09. The van der Waals surface area contributed by atoms with Crippen molar-refractivity contribution in [1.82, 2.24) is 19.3 Å². The van der Waals surface area contributed by atoms with Gasteiger partial charge in [0.05, 0.1) is 17.3 Å². The van der Waals surface area contributed by atoms with Crippen molar-refractivity contribution in [3.05, 3.63) is 59.3 Å². The van der Waals surface area contributed by atoms with Crippen molar-refractivity contribution in [2.24, 2.45) is 0 Å². The number of pyridine rings is 2. The van der Waals surface area contributed by atoms with Crippen molar-refractivity contribution in [3.63, 3.8) is 0 Å². The zero-order valence-electron chi connectivity index (χ0n) is 15.5. The van der Waals surface area contributed by atoms with Gasteiger partial charge in [0.1, 0.15) is 5.82 Å². The number of aliphatic hydroxyl groups is 1. The van der Waals surface area contributed by atoms with E-state index in [-0.39, 0.29) is 12.0 Å². The van der Waals surface area contributed by atoms with Gasteiger partial charge in [-0.15, -0.1) is 0 Å². The predicted octanol–water partition coefficient (Wildman–Crippen LogP) is 2.17. The van der Waals surface area contributed by atoms with Crippen LogP contribution in [0.1, 0.15) is 34.0 Å². The van der Waals surface area contributed by atoms with Gasteiger partial charge in [-0.1, -0.05) is 6.07 Å². The molecule has 4 rings (SSSR count). The van der Waals surface area contributed by atoms with Gasteiger partial charge in [-0.2, -0.15) is 0 Å². The normalized spacial score (nSPS) is 17.5. The molecule has 1 aliphatic heterocycles. The highest BCUT2D eigenvalue weighted by Crippen LogP contribution is 2.19. The Morgan fingerprint density at radius 2 is 2.15 bits per heavy atom. The maximum atomic E-state index is 12.9. The first-order chi connectivity index (χ1) is 13.0. The number of carbonyl (C=O) groups is 1. The molecule has 7 heteroatoms. The number of amides is 1. The molecule has 3 aromatic heterocycles. The van der Waals surface area contributed by atoms with Crippen LogP contribution in [-0.2, 0) is 6.54 Å². The average Bonchev–Trinajstić information content (AvgIpc) is 3.18. The third kappa shape index (κ3) is 3.70. The largest absolute Gasteiger partial charge is 0.392 e. The summed E-state index contributed by atoms with van der Waals surface area (Å²) in [6, 6.07) is 9.58. The van der Waals surface area contributed by atoms with E-state index in [1.54, 1.807) is 4.40 Å². The monoisotopic (exact) mass is 365 g/mol. The van der Waals surface area contributed by atoms with Gasteiger partial charge in [-0.25, -0.2) is 9.97 Å². The quantitative estimate of drug-likeness (QED) is 0.740. The summed E-state index contributed by atoms with van der Waals surface area (Å²) in [5.74, 6) is 0.567. The lowest BCUT2D eigenvalue weighted by Gasteiger charge is -2.12. The Hall–Kier alpha value is -2.77. The fraction of sp³-hybridized carbons (Fsp3) is 0.350. The first-order valence-corrected chi connectivity index (χ1v) is 9.12. The summed E-state index contributed by atoms with van der Waals surface area (Å²) in [6.45, 7) is 5.95. The molecule has 3 aromatic rings. The van der Waals surface area contributed by atoms with E-state index in [2.05, 4.69) is 20.2 Å². The Bertz CT molecular complexity index is 977. The summed E-state index contributed by atoms with van der Waals surface area (Å²) in [6.07, 6.45) is 2.34. The highest BCUT2D eigenvalue weighted by Gasteiger charge is 2.24. The van der Waals surface area contributed by atoms with Crippen molar-refractivity contribution in [1.29, 1.82) is 0 Å². The number of likely N-dealkylation sites (tertiary alicyclic amines) is 1. The number of nitrogens with one attached hydrogen (secondary N) is 1. The van der Waals surface area contributed by atoms with Crippen LogP contribution in [0.3, 0.4) is 0 Å². The number of anilines is 1. The van der Waals surface area contributed by atoms with Gasteiger partial charge in [0, 0.05) is 31.5 Å². The molecule has 0 aromatic carbocycles. The molecule has 1 fully saturated rings. The van der Waals surface area contributed by atoms with Crippen molar-refractivity contribution >= 4 is 17.2 Å². The lowest BCUT2D eigenvalue weighted by atomic mass is 10.2. The Labute approximate surface area is 157 Å². The van der Waals surface area contributed by atoms with Crippen molar-refractivity contribution in [2.75, 3.05) is 18.4 Å². The minimum absolute atomic E-state index is 0.280. The standard InChI is InChI=1S/C20H23N5O2/c1-13-9-14(2)21-18(10-13)23-20(27)19-22-16(12-24-8-6-15(26)11-24)17-5-3-4-7-25(17)19/h3-5,7,9-10,15,26H,6,8,11-12H2,1-2H3,(H,21,23,27). The van der Waals surface area contributed by atoms with E-state index in [0.29, 0.717) is 24.7 Å². The molecule has 0 spiro atoms. The number of aliphatic hydroxyl groups excluding tert-OH is 1. The molecule has 1 atom stereocenters. The molecule has 2 N–H and O–H groups in total. The van der Waals surface area contributed by atoms with Gasteiger partial charge in [0.2, 0.25) is 5.82 Å². The Morgan fingerprint density at radius 3 is 2.89 bits per heavy atom. The molecule has 0 bridgehead atoms. The molecule has 140 valence electrons. The third-order valence-corrected chi connectivity index (χ3v) is 4.79. The fourth-order valence-corrected chi connectivity index (χ4v) is 3.62. The van der Waals surface area contributed by atoms with Gasteiger partial charge in [0.15, 0.2) is 0 Å². The molecule has 1 aliphatic rings. The van der Waals surface area contributed by atoms with Crippen molar-refractivity contribution in [2.45, 2.75) is 32.9 Å². The first-order valence-electron chi connectivity index (χ1n) is 9.12. The second-order valence-electron chi connectivity index (χ2n) is 7.14. The predicted molar refractivity (Wildman–Crippen MR) is 103 cm³/mol. The zero-order valence-corrected chi connectivity index (χ0v) is 15.5. The SMILES string of the molecule is Cc1cc(C)nc(NC(=O)c2nc(CN3CCC(O)C3)c3ccccn23)c1. The Balaban J connectivity index is 1.64. The van der Waals surface area contributed by atoms with E-state index in [0.717, 1.165) is 35.4 Å². The van der Waals surface area contributed by atoms with E-state index in [1.807, 2.05) is 50.4 Å². The molecule has 1 unspecified atom stereocenters. The Morgan fingerprint density at radius 1 is 1.30 bits per heavy atom.